The molecule has 0 aliphatic heterocycles. The molecule has 0 fully saturated rings. The lowest BCUT2D eigenvalue weighted by Crippen LogP contribution is -1.97. The van der Waals surface area contributed by atoms with Gasteiger partial charge in [0.1, 0.15) is 0 Å². The normalized spacial score (nSPS) is 15.8. The molecular weight excluding hydrogens is 180 g/mol. The minimum atomic E-state index is 0.537. The highest BCUT2D eigenvalue weighted by atomic mass is 32.1. The summed E-state index contributed by atoms with van der Waals surface area (Å²) in [7, 11) is 1.71. The highest BCUT2D eigenvalue weighted by molar-refractivity contribution is 7.80. The van der Waals surface area contributed by atoms with Crippen LogP contribution in [0.4, 0.5) is 0 Å². The van der Waals surface area contributed by atoms with Gasteiger partial charge in [-0.15, -0.1) is 0 Å². The second kappa shape index (κ2) is 7.07. The summed E-state index contributed by atoms with van der Waals surface area (Å²) >= 11 is 4.25. The SMILES string of the molecule is CCC(=CC=C(C)C(C)CS)OC. The topological polar surface area (TPSA) is 9.23 Å². The number of methoxy groups -OCH3 is 1. The van der Waals surface area contributed by atoms with Crippen molar-refractivity contribution in [2.45, 2.75) is 27.2 Å². The Balaban J connectivity index is 4.29. The van der Waals surface area contributed by atoms with Crippen LogP contribution >= 0.6 is 12.6 Å². The fraction of sp³-hybridized carbons (Fsp3) is 0.636. The van der Waals surface area contributed by atoms with Gasteiger partial charge in [-0.1, -0.05) is 25.5 Å². The maximum Gasteiger partial charge on any atom is 0.0952 e. The summed E-state index contributed by atoms with van der Waals surface area (Å²) in [6.45, 7) is 6.38. The van der Waals surface area contributed by atoms with E-state index in [4.69, 9.17) is 4.74 Å². The molecule has 0 aliphatic rings. The van der Waals surface area contributed by atoms with Gasteiger partial charge in [0.2, 0.25) is 0 Å². The highest BCUT2D eigenvalue weighted by Crippen LogP contribution is 2.12. The lowest BCUT2D eigenvalue weighted by Gasteiger charge is -2.07. The van der Waals surface area contributed by atoms with E-state index in [0.29, 0.717) is 5.92 Å². The van der Waals surface area contributed by atoms with Crippen molar-refractivity contribution in [3.05, 3.63) is 23.5 Å². The molecule has 0 amide bonds. The molecule has 1 atom stereocenters. The Kier molecular flexibility index (Phi) is 6.87. The van der Waals surface area contributed by atoms with Gasteiger partial charge in [-0.2, -0.15) is 12.6 Å². The highest BCUT2D eigenvalue weighted by Gasteiger charge is 1.99. The molecule has 0 saturated carbocycles. The Hall–Kier alpha value is -0.370. The van der Waals surface area contributed by atoms with E-state index < -0.39 is 0 Å². The monoisotopic (exact) mass is 200 g/mol. The van der Waals surface area contributed by atoms with Crippen LogP contribution in [0.15, 0.2) is 23.5 Å². The smallest absolute Gasteiger partial charge is 0.0952 e. The van der Waals surface area contributed by atoms with Gasteiger partial charge in [-0.05, 0) is 24.7 Å². The zero-order valence-electron chi connectivity index (χ0n) is 9.00. The van der Waals surface area contributed by atoms with Gasteiger partial charge in [0, 0.05) is 6.42 Å². The summed E-state index contributed by atoms with van der Waals surface area (Å²) < 4.78 is 5.16. The van der Waals surface area contributed by atoms with Crippen LogP contribution in [0.2, 0.25) is 0 Å². The summed E-state index contributed by atoms with van der Waals surface area (Å²) in [4.78, 5) is 0. The molecule has 0 aliphatic carbocycles. The minimum Gasteiger partial charge on any atom is -0.501 e. The molecule has 76 valence electrons. The second-order valence-corrected chi connectivity index (χ2v) is 3.55. The van der Waals surface area contributed by atoms with Crippen LogP contribution in [0.1, 0.15) is 27.2 Å². The first-order valence-corrected chi connectivity index (χ1v) is 5.31. The molecular formula is C11H20OS. The first kappa shape index (κ1) is 12.6. The lowest BCUT2D eigenvalue weighted by molar-refractivity contribution is 0.281. The number of hydrogen-bond donors (Lipinski definition) is 1. The molecule has 0 aromatic rings. The van der Waals surface area contributed by atoms with Crippen LogP contribution < -0.4 is 0 Å². The predicted octanol–water partition coefficient (Wildman–Crippen LogP) is 3.44. The van der Waals surface area contributed by atoms with Crippen molar-refractivity contribution < 1.29 is 4.74 Å². The first-order chi connectivity index (χ1) is 6.15. The van der Waals surface area contributed by atoms with Gasteiger partial charge < -0.3 is 4.74 Å². The molecule has 0 heterocycles. The Morgan fingerprint density at radius 1 is 1.46 bits per heavy atom. The largest absolute Gasteiger partial charge is 0.501 e. The van der Waals surface area contributed by atoms with Crippen molar-refractivity contribution in [1.29, 1.82) is 0 Å². The molecule has 0 bridgehead atoms. The Labute approximate surface area is 87.3 Å². The van der Waals surface area contributed by atoms with Crippen LogP contribution in [0.5, 0.6) is 0 Å². The Morgan fingerprint density at radius 2 is 2.08 bits per heavy atom. The van der Waals surface area contributed by atoms with E-state index in [2.05, 4.69) is 39.5 Å². The van der Waals surface area contributed by atoms with Gasteiger partial charge in [0.15, 0.2) is 0 Å². The molecule has 0 radical (unpaired) electrons. The van der Waals surface area contributed by atoms with Crippen molar-refractivity contribution in [2.24, 2.45) is 5.92 Å². The Bertz CT molecular complexity index is 188. The zero-order valence-corrected chi connectivity index (χ0v) is 9.90. The number of ether oxygens (including phenoxy) is 1. The molecule has 0 N–H and O–H groups in total. The summed E-state index contributed by atoms with van der Waals surface area (Å²) in [5.41, 5.74) is 1.35. The summed E-state index contributed by atoms with van der Waals surface area (Å²) in [6, 6.07) is 0. The summed E-state index contributed by atoms with van der Waals surface area (Å²) in [5.74, 6) is 2.45. The van der Waals surface area contributed by atoms with Crippen molar-refractivity contribution >= 4 is 12.6 Å². The maximum atomic E-state index is 5.16. The molecule has 0 rings (SSSR count). The molecule has 0 spiro atoms. The molecule has 0 aromatic heterocycles. The van der Waals surface area contributed by atoms with E-state index in [-0.39, 0.29) is 0 Å². The van der Waals surface area contributed by atoms with E-state index in [1.807, 2.05) is 6.08 Å². The number of allylic oxidation sites excluding steroid dienone is 4. The van der Waals surface area contributed by atoms with Gasteiger partial charge in [0.25, 0.3) is 0 Å². The van der Waals surface area contributed by atoms with Crippen LogP contribution in [0.25, 0.3) is 0 Å². The molecule has 1 nitrogen and oxygen atoms in total. The van der Waals surface area contributed by atoms with Crippen LogP contribution in [0.3, 0.4) is 0 Å². The fourth-order valence-electron chi connectivity index (χ4n) is 0.863. The summed E-state index contributed by atoms with van der Waals surface area (Å²) in [6.07, 6.45) is 5.09. The van der Waals surface area contributed by atoms with E-state index in [0.717, 1.165) is 17.9 Å². The average molecular weight is 200 g/mol. The van der Waals surface area contributed by atoms with E-state index >= 15 is 0 Å². The first-order valence-electron chi connectivity index (χ1n) is 4.67. The number of hydrogen-bond acceptors (Lipinski definition) is 2. The van der Waals surface area contributed by atoms with E-state index in [9.17, 15) is 0 Å². The third-order valence-corrected chi connectivity index (χ3v) is 2.74. The minimum absolute atomic E-state index is 0.537. The quantitative estimate of drug-likeness (QED) is 0.406. The van der Waals surface area contributed by atoms with Crippen LogP contribution in [0, 0.1) is 5.92 Å². The Morgan fingerprint density at radius 3 is 2.46 bits per heavy atom. The van der Waals surface area contributed by atoms with Gasteiger partial charge in [-0.3, -0.25) is 0 Å². The van der Waals surface area contributed by atoms with Gasteiger partial charge in [-0.25, -0.2) is 0 Å². The van der Waals surface area contributed by atoms with Crippen molar-refractivity contribution in [3.8, 4) is 0 Å². The fourth-order valence-corrected chi connectivity index (χ4v) is 1.15. The third-order valence-electron chi connectivity index (χ3n) is 2.19. The van der Waals surface area contributed by atoms with Crippen LogP contribution in [-0.4, -0.2) is 12.9 Å². The molecule has 1 unspecified atom stereocenters. The van der Waals surface area contributed by atoms with E-state index in [1.165, 1.54) is 5.57 Å². The van der Waals surface area contributed by atoms with Crippen molar-refractivity contribution in [1.82, 2.24) is 0 Å². The standard InChI is InChI=1S/C11H20OS/c1-5-11(12-4)7-6-9(2)10(3)8-13/h6-7,10,13H,5,8H2,1-4H3. The molecule has 0 aromatic carbocycles. The number of thiol groups is 1. The van der Waals surface area contributed by atoms with E-state index in [1.54, 1.807) is 7.11 Å². The second-order valence-electron chi connectivity index (χ2n) is 3.18. The zero-order chi connectivity index (χ0) is 10.3. The summed E-state index contributed by atoms with van der Waals surface area (Å²) in [5, 5.41) is 0. The maximum absolute atomic E-state index is 5.16. The third kappa shape index (κ3) is 5.04. The van der Waals surface area contributed by atoms with Crippen molar-refractivity contribution in [3.63, 3.8) is 0 Å². The van der Waals surface area contributed by atoms with Gasteiger partial charge >= 0.3 is 0 Å². The predicted molar refractivity (Wildman–Crippen MR) is 62.2 cm³/mol. The molecule has 0 saturated heterocycles. The number of rotatable bonds is 5. The van der Waals surface area contributed by atoms with Crippen molar-refractivity contribution in [2.75, 3.05) is 12.9 Å². The van der Waals surface area contributed by atoms with Gasteiger partial charge in [0.05, 0.1) is 12.9 Å². The molecule has 13 heavy (non-hydrogen) atoms. The molecule has 2 heteroatoms. The average Bonchev–Trinajstić information content (AvgIpc) is 2.17. The van der Waals surface area contributed by atoms with Crippen LogP contribution in [-0.2, 0) is 4.74 Å². The lowest BCUT2D eigenvalue weighted by atomic mass is 10.0.